The molecule has 5 heterocycles. The van der Waals surface area contributed by atoms with Crippen molar-refractivity contribution in [3.8, 4) is 28.4 Å². The van der Waals surface area contributed by atoms with Gasteiger partial charge in [0.25, 0.3) is 0 Å². The molecule has 7 nitrogen and oxygen atoms in total. The van der Waals surface area contributed by atoms with Crippen molar-refractivity contribution in [3.05, 3.63) is 291 Å². The highest BCUT2D eigenvalue weighted by Crippen LogP contribution is 2.44. The molecule has 0 aliphatic heterocycles. The van der Waals surface area contributed by atoms with Crippen LogP contribution >= 0.6 is 0 Å². The van der Waals surface area contributed by atoms with E-state index in [1.807, 2.05) is 12.3 Å². The normalized spacial score (nSPS) is 12.0. The van der Waals surface area contributed by atoms with E-state index in [4.69, 9.17) is 9.40 Å². The highest BCUT2D eigenvalue weighted by molar-refractivity contribution is 6.28. The van der Waals surface area contributed by atoms with Crippen LogP contribution in [0.4, 0.5) is 0 Å². The minimum Gasteiger partial charge on any atom is -0.453 e. The molecule has 7 heteroatoms. The van der Waals surface area contributed by atoms with Gasteiger partial charge in [-0.3, -0.25) is 4.98 Å². The molecule has 0 N–H and O–H groups in total. The van der Waals surface area contributed by atoms with Gasteiger partial charge in [-0.15, -0.1) is 0 Å². The molecule has 0 bridgehead atoms. The third-order valence-electron chi connectivity index (χ3n) is 17.4. The topological polar surface area (TPSA) is 50.7 Å². The van der Waals surface area contributed by atoms with E-state index in [1.165, 1.54) is 32.6 Å². The summed E-state index contributed by atoms with van der Waals surface area (Å²) in [5.41, 5.74) is 18.6. The van der Waals surface area contributed by atoms with E-state index in [0.717, 1.165) is 127 Å². The van der Waals surface area contributed by atoms with Gasteiger partial charge in [0.1, 0.15) is 0 Å². The first-order valence-electron chi connectivity index (χ1n) is 28.6. The molecule has 0 aliphatic carbocycles. The maximum Gasteiger partial charge on any atom is 0.152 e. The third kappa shape index (κ3) is 6.78. The number of nitrogens with zero attached hydrogens (tertiary/aromatic N) is 6. The van der Waals surface area contributed by atoms with Crippen LogP contribution in [0.3, 0.4) is 0 Å². The highest BCUT2D eigenvalue weighted by atomic mass is 16.3. The van der Waals surface area contributed by atoms with Gasteiger partial charge in [-0.05, 0) is 166 Å². The largest absolute Gasteiger partial charge is 0.453 e. The summed E-state index contributed by atoms with van der Waals surface area (Å²) in [6, 6.07) is 103. The number of hydrogen-bond donors (Lipinski definition) is 0. The van der Waals surface area contributed by atoms with Gasteiger partial charge in [-0.2, -0.15) is 0 Å². The molecule has 84 heavy (non-hydrogen) atoms. The van der Waals surface area contributed by atoms with Crippen LogP contribution in [-0.4, -0.2) is 27.8 Å². The van der Waals surface area contributed by atoms with E-state index in [1.54, 1.807) is 0 Å². The summed E-state index contributed by atoms with van der Waals surface area (Å²) in [4.78, 5) is 5.41. The van der Waals surface area contributed by atoms with Crippen molar-refractivity contribution < 1.29 is 4.42 Å². The predicted molar refractivity (Wildman–Crippen MR) is 350 cm³/mol. The molecule has 0 amide bonds. The average molecular weight is 1070 g/mol. The second-order valence-electron chi connectivity index (χ2n) is 21.9. The molecular weight excluding hydrogens is 1020 g/mol. The highest BCUT2D eigenvalue weighted by Gasteiger charge is 2.22. The number of aromatic nitrogens is 6. The molecule has 0 saturated heterocycles. The minimum atomic E-state index is 0.753. The first kappa shape index (κ1) is 46.4. The average Bonchev–Trinajstić information content (AvgIpc) is 1.07. The molecule has 0 spiro atoms. The zero-order valence-corrected chi connectivity index (χ0v) is 45.3. The molecule has 13 aromatic carbocycles. The molecule has 0 radical (unpaired) electrons. The maximum atomic E-state index is 7.04. The number of benzene rings is 12. The van der Waals surface area contributed by atoms with E-state index in [9.17, 15) is 0 Å². The van der Waals surface area contributed by atoms with E-state index in [0.29, 0.717) is 0 Å². The molecule has 0 atom stereocenters. The van der Waals surface area contributed by atoms with Crippen molar-refractivity contribution in [2.24, 2.45) is 0 Å². The third-order valence-corrected chi connectivity index (χ3v) is 17.4. The van der Waals surface area contributed by atoms with Crippen LogP contribution in [0, 0.1) is 0 Å². The van der Waals surface area contributed by atoms with E-state index in [-0.39, 0.29) is 0 Å². The van der Waals surface area contributed by atoms with Gasteiger partial charge in [0, 0.05) is 67.0 Å². The van der Waals surface area contributed by atoms with Gasteiger partial charge in [-0.25, -0.2) is 0 Å². The molecule has 392 valence electrons. The fraction of sp³-hybridized carbons (Fsp3) is 0. The first-order valence-corrected chi connectivity index (χ1v) is 28.6. The van der Waals surface area contributed by atoms with Gasteiger partial charge < -0.3 is 27.3 Å². The lowest BCUT2D eigenvalue weighted by Crippen LogP contribution is -2.08. The standard InChI is InChI=1S/C77H48N6O/c1-4-21-49(22-5-1)79-69-34-16-17-35-70(69)80(50-23-6-2-7-24-50)73-46-61-58-30-20-42-78-77(58)64-48-76-74(81(51-25-8-3-9-26-51)71-36-18-19-37-75(71)84-76)47-62(64)59-43-52(38-40-54(59)60(61)45-72(73)79)83-67-33-15-12-29-57(67)63-44-53(39-41-68(63)83)82-65-31-13-10-27-55(65)56-28-11-14-32-66(56)82/h1-48H. The Hall–Kier alpha value is -11.4. The summed E-state index contributed by atoms with van der Waals surface area (Å²) in [5.74, 6) is 0. The van der Waals surface area contributed by atoms with E-state index in [2.05, 4.69) is 302 Å². The monoisotopic (exact) mass is 1070 g/mol. The quantitative estimate of drug-likeness (QED) is 0.161. The summed E-state index contributed by atoms with van der Waals surface area (Å²) in [6.07, 6.45) is 1.93. The van der Waals surface area contributed by atoms with Crippen LogP contribution in [0.15, 0.2) is 296 Å². The van der Waals surface area contributed by atoms with Crippen LogP contribution in [0.5, 0.6) is 0 Å². The number of fused-ring (bicyclic) bond motifs is 18. The number of rotatable bonds is 5. The molecule has 0 fully saturated rings. The molecule has 0 aliphatic rings. The Morgan fingerprint density at radius 2 is 0.595 bits per heavy atom. The lowest BCUT2D eigenvalue weighted by atomic mass is 9.94. The smallest absolute Gasteiger partial charge is 0.152 e. The second kappa shape index (κ2) is 18.0. The number of pyridine rings is 1. The molecule has 0 saturated carbocycles. The van der Waals surface area contributed by atoms with Crippen molar-refractivity contribution in [1.29, 1.82) is 0 Å². The van der Waals surface area contributed by atoms with Gasteiger partial charge in [0.15, 0.2) is 11.2 Å². The number of hydrogen-bond acceptors (Lipinski definition) is 2. The van der Waals surface area contributed by atoms with Gasteiger partial charge in [-0.1, -0.05) is 146 Å². The Kier molecular flexibility index (Phi) is 9.96. The Labute approximate surface area is 480 Å². The zero-order chi connectivity index (χ0) is 55.0. The Bertz CT molecular complexity index is 5800. The summed E-state index contributed by atoms with van der Waals surface area (Å²) >= 11 is 0. The predicted octanol–water partition coefficient (Wildman–Crippen LogP) is 20.2. The molecule has 18 rings (SSSR count). The van der Waals surface area contributed by atoms with Crippen molar-refractivity contribution in [2.45, 2.75) is 0 Å². The summed E-state index contributed by atoms with van der Waals surface area (Å²) in [7, 11) is 0. The molecule has 5 aromatic heterocycles. The fourth-order valence-electron chi connectivity index (χ4n) is 13.8. The Morgan fingerprint density at radius 1 is 0.202 bits per heavy atom. The van der Waals surface area contributed by atoms with Crippen LogP contribution < -0.4 is 0 Å². The van der Waals surface area contributed by atoms with E-state index < -0.39 is 0 Å². The van der Waals surface area contributed by atoms with Gasteiger partial charge >= 0.3 is 0 Å². The lowest BCUT2D eigenvalue weighted by molar-refractivity contribution is 0.654. The van der Waals surface area contributed by atoms with Crippen molar-refractivity contribution in [3.63, 3.8) is 0 Å². The van der Waals surface area contributed by atoms with Crippen molar-refractivity contribution in [1.82, 2.24) is 27.8 Å². The van der Waals surface area contributed by atoms with Crippen LogP contribution in [-0.2, 0) is 0 Å². The molecule has 18 aromatic rings. The van der Waals surface area contributed by atoms with Crippen molar-refractivity contribution in [2.75, 3.05) is 0 Å². The van der Waals surface area contributed by atoms with E-state index >= 15 is 0 Å². The number of para-hydroxylation sites is 10. The molecular formula is C77H48N6O. The maximum absolute atomic E-state index is 7.04. The van der Waals surface area contributed by atoms with Crippen LogP contribution in [0.1, 0.15) is 0 Å². The minimum absolute atomic E-state index is 0.753. The molecule has 0 unspecified atom stereocenters. The second-order valence-corrected chi connectivity index (χ2v) is 21.9. The zero-order valence-electron chi connectivity index (χ0n) is 45.3. The van der Waals surface area contributed by atoms with Crippen molar-refractivity contribution >= 4 is 131 Å². The summed E-state index contributed by atoms with van der Waals surface area (Å²) in [6.45, 7) is 0. The Balaban J connectivity index is 1.02. The summed E-state index contributed by atoms with van der Waals surface area (Å²) in [5, 5.41) is 12.3. The first-order chi connectivity index (χ1) is 41.7. The fourth-order valence-corrected chi connectivity index (χ4v) is 13.8. The van der Waals surface area contributed by atoms with Gasteiger partial charge in [0.2, 0.25) is 0 Å². The SMILES string of the molecule is c1ccc(-n2c3ccccc3oc3cc4c(cc32)c2cc(-n3c5ccccc5c5cc(-n6c7ccccc7c7ccccc76)ccc53)ccc2c2cc3c(cc2c2cccnc24)n(-c2ccccc2)c2ccccc2n3-c2ccccc2)cc1. The summed E-state index contributed by atoms with van der Waals surface area (Å²) < 4.78 is 19.1. The van der Waals surface area contributed by atoms with Crippen LogP contribution in [0.2, 0.25) is 0 Å². The lowest BCUT2D eigenvalue weighted by Gasteiger charge is -2.23. The van der Waals surface area contributed by atoms with Gasteiger partial charge in [0.05, 0.1) is 60.7 Å². The Morgan fingerprint density at radius 3 is 1.18 bits per heavy atom. The van der Waals surface area contributed by atoms with Crippen LogP contribution in [0.25, 0.3) is 160 Å².